The van der Waals surface area contributed by atoms with Gasteiger partial charge in [-0.25, -0.2) is 0 Å². The summed E-state index contributed by atoms with van der Waals surface area (Å²) in [6, 6.07) is 0. The maximum atomic E-state index is 9.62. The summed E-state index contributed by atoms with van der Waals surface area (Å²) in [5.41, 5.74) is 0. The largest absolute Gasteiger partial charge is 0.385 e. The molecule has 3 heteroatoms. The second-order valence-corrected chi connectivity index (χ2v) is 4.43. The van der Waals surface area contributed by atoms with Crippen LogP contribution in [0.2, 0.25) is 0 Å². The van der Waals surface area contributed by atoms with E-state index in [2.05, 4.69) is 37.2 Å². The lowest BCUT2D eigenvalue weighted by Crippen LogP contribution is -2.21. The van der Waals surface area contributed by atoms with Gasteiger partial charge < -0.3 is 15.3 Å². The van der Waals surface area contributed by atoms with Crippen molar-refractivity contribution in [2.75, 3.05) is 0 Å². The molecular weight excluding hydrogens is 252 g/mol. The number of allylic oxidation sites excluding steroid dienone is 1. The SMILES string of the molecule is C=C[C@H](O)C#CC#C[C@@H](O)[C@@H](O)/C=C/CCCCCC. The van der Waals surface area contributed by atoms with E-state index in [-0.39, 0.29) is 0 Å². The van der Waals surface area contributed by atoms with Crippen LogP contribution in [0.5, 0.6) is 0 Å². The van der Waals surface area contributed by atoms with Gasteiger partial charge in [0.05, 0.1) is 0 Å². The Morgan fingerprint density at radius 2 is 1.75 bits per heavy atom. The van der Waals surface area contributed by atoms with E-state index < -0.39 is 18.3 Å². The second kappa shape index (κ2) is 12.5. The molecule has 20 heavy (non-hydrogen) atoms. The summed E-state index contributed by atoms with van der Waals surface area (Å²) in [4.78, 5) is 0. The van der Waals surface area contributed by atoms with Crippen molar-refractivity contribution in [3.63, 3.8) is 0 Å². The summed E-state index contributed by atoms with van der Waals surface area (Å²) in [5.74, 6) is 9.58. The summed E-state index contributed by atoms with van der Waals surface area (Å²) in [7, 11) is 0. The Morgan fingerprint density at radius 3 is 2.40 bits per heavy atom. The van der Waals surface area contributed by atoms with Crippen LogP contribution < -0.4 is 0 Å². The summed E-state index contributed by atoms with van der Waals surface area (Å²) >= 11 is 0. The van der Waals surface area contributed by atoms with Crippen LogP contribution in [0, 0.1) is 23.7 Å². The highest BCUT2D eigenvalue weighted by molar-refractivity contribution is 5.30. The van der Waals surface area contributed by atoms with E-state index in [1.807, 2.05) is 6.08 Å². The fourth-order valence-electron chi connectivity index (χ4n) is 1.39. The van der Waals surface area contributed by atoms with Crippen LogP contribution in [-0.2, 0) is 0 Å². The maximum absolute atomic E-state index is 9.62. The molecule has 3 atom stereocenters. The average molecular weight is 276 g/mol. The molecule has 0 saturated heterocycles. The first-order valence-corrected chi connectivity index (χ1v) is 6.96. The van der Waals surface area contributed by atoms with Crippen molar-refractivity contribution in [3.8, 4) is 23.7 Å². The molecule has 110 valence electrons. The Hall–Kier alpha value is -1.52. The molecule has 0 saturated carbocycles. The summed E-state index contributed by atoms with van der Waals surface area (Å²) < 4.78 is 0. The third-order valence-corrected chi connectivity index (χ3v) is 2.61. The van der Waals surface area contributed by atoms with Crippen molar-refractivity contribution in [3.05, 3.63) is 24.8 Å². The van der Waals surface area contributed by atoms with E-state index in [4.69, 9.17) is 5.11 Å². The lowest BCUT2D eigenvalue weighted by molar-refractivity contribution is 0.0868. The van der Waals surface area contributed by atoms with Crippen LogP contribution in [0.15, 0.2) is 24.8 Å². The molecule has 0 rings (SSSR count). The molecule has 0 bridgehead atoms. The van der Waals surface area contributed by atoms with Crippen molar-refractivity contribution in [1.82, 2.24) is 0 Å². The zero-order valence-corrected chi connectivity index (χ0v) is 12.0. The van der Waals surface area contributed by atoms with Gasteiger partial charge in [-0.1, -0.05) is 62.8 Å². The predicted molar refractivity (Wildman–Crippen MR) is 81.7 cm³/mol. The normalized spacial score (nSPS) is 14.6. The van der Waals surface area contributed by atoms with Crippen LogP contribution in [0.4, 0.5) is 0 Å². The molecule has 0 unspecified atom stereocenters. The standard InChI is InChI=1S/C17H24O3/c1-3-5-6-7-8-9-13-16(19)17(20)14-11-10-12-15(18)4-2/h4,9,13,15-20H,2-3,5-8H2,1H3/b13-9+/t15-,16-,17+/m0/s1. The third kappa shape index (κ3) is 10.4. The van der Waals surface area contributed by atoms with E-state index in [0.29, 0.717) is 0 Å². The lowest BCUT2D eigenvalue weighted by atomic mass is 10.1. The highest BCUT2D eigenvalue weighted by Crippen LogP contribution is 2.04. The fourth-order valence-corrected chi connectivity index (χ4v) is 1.39. The van der Waals surface area contributed by atoms with Gasteiger partial charge in [-0.3, -0.25) is 0 Å². The van der Waals surface area contributed by atoms with Gasteiger partial charge >= 0.3 is 0 Å². The van der Waals surface area contributed by atoms with E-state index in [0.717, 1.165) is 12.8 Å². The maximum Gasteiger partial charge on any atom is 0.145 e. The number of hydrogen-bond donors (Lipinski definition) is 3. The molecule has 3 nitrogen and oxygen atoms in total. The Balaban J connectivity index is 4.04. The number of aliphatic hydroxyl groups is 3. The van der Waals surface area contributed by atoms with Gasteiger partial charge in [0.15, 0.2) is 0 Å². The quantitative estimate of drug-likeness (QED) is 0.360. The second-order valence-electron chi connectivity index (χ2n) is 4.43. The zero-order chi connectivity index (χ0) is 15.2. The molecule has 3 N–H and O–H groups in total. The van der Waals surface area contributed by atoms with E-state index in [9.17, 15) is 10.2 Å². The molecular formula is C17H24O3. The van der Waals surface area contributed by atoms with Gasteiger partial charge in [0.1, 0.15) is 18.3 Å². The van der Waals surface area contributed by atoms with Gasteiger partial charge in [-0.2, -0.15) is 0 Å². The number of rotatable bonds is 8. The summed E-state index contributed by atoms with van der Waals surface area (Å²) in [6.45, 7) is 5.52. The van der Waals surface area contributed by atoms with Gasteiger partial charge in [-0.15, -0.1) is 0 Å². The topological polar surface area (TPSA) is 60.7 Å². The van der Waals surface area contributed by atoms with Crippen LogP contribution in [0.1, 0.15) is 39.0 Å². The van der Waals surface area contributed by atoms with Gasteiger partial charge in [0.2, 0.25) is 0 Å². The van der Waals surface area contributed by atoms with Crippen LogP contribution in [0.25, 0.3) is 0 Å². The summed E-state index contributed by atoms with van der Waals surface area (Å²) in [5, 5.41) is 28.2. The minimum Gasteiger partial charge on any atom is -0.385 e. The number of hydrogen-bond acceptors (Lipinski definition) is 3. The molecule has 0 aliphatic rings. The lowest BCUT2D eigenvalue weighted by Gasteiger charge is -2.06. The number of aliphatic hydroxyl groups excluding tert-OH is 3. The molecule has 0 spiro atoms. The Kier molecular flexibility index (Phi) is 11.6. The molecule has 0 fully saturated rings. The fraction of sp³-hybridized carbons (Fsp3) is 0.529. The van der Waals surface area contributed by atoms with Gasteiger partial charge in [0, 0.05) is 0 Å². The Morgan fingerprint density at radius 1 is 1.05 bits per heavy atom. The van der Waals surface area contributed by atoms with Crippen LogP contribution >= 0.6 is 0 Å². The Bertz CT molecular complexity index is 403. The highest BCUT2D eigenvalue weighted by Gasteiger charge is 2.08. The number of unbranched alkanes of at least 4 members (excludes halogenated alkanes) is 4. The highest BCUT2D eigenvalue weighted by atomic mass is 16.3. The molecule has 0 aliphatic carbocycles. The Labute approximate surface area is 122 Å². The van der Waals surface area contributed by atoms with E-state index in [1.165, 1.54) is 25.3 Å². The van der Waals surface area contributed by atoms with Gasteiger partial charge in [-0.05, 0) is 24.7 Å². The van der Waals surface area contributed by atoms with Crippen molar-refractivity contribution >= 4 is 0 Å². The predicted octanol–water partition coefficient (Wildman–Crippen LogP) is 1.79. The van der Waals surface area contributed by atoms with Crippen molar-refractivity contribution in [2.24, 2.45) is 0 Å². The van der Waals surface area contributed by atoms with E-state index >= 15 is 0 Å². The zero-order valence-electron chi connectivity index (χ0n) is 12.0. The van der Waals surface area contributed by atoms with E-state index in [1.54, 1.807) is 6.08 Å². The van der Waals surface area contributed by atoms with Crippen molar-refractivity contribution in [1.29, 1.82) is 0 Å². The average Bonchev–Trinajstić information content (AvgIpc) is 2.46. The first-order chi connectivity index (χ1) is 9.61. The van der Waals surface area contributed by atoms with Crippen LogP contribution in [0.3, 0.4) is 0 Å². The molecule has 0 radical (unpaired) electrons. The molecule has 0 heterocycles. The first-order valence-electron chi connectivity index (χ1n) is 6.96. The van der Waals surface area contributed by atoms with Crippen molar-refractivity contribution in [2.45, 2.75) is 57.3 Å². The van der Waals surface area contributed by atoms with Crippen LogP contribution in [-0.4, -0.2) is 33.6 Å². The van der Waals surface area contributed by atoms with Crippen molar-refractivity contribution < 1.29 is 15.3 Å². The molecule has 0 amide bonds. The van der Waals surface area contributed by atoms with Gasteiger partial charge in [0.25, 0.3) is 0 Å². The summed E-state index contributed by atoms with van der Waals surface area (Å²) in [6.07, 6.45) is 7.16. The third-order valence-electron chi connectivity index (χ3n) is 2.61. The smallest absolute Gasteiger partial charge is 0.145 e. The monoisotopic (exact) mass is 276 g/mol. The minimum atomic E-state index is -1.17. The first kappa shape index (κ1) is 18.5. The minimum absolute atomic E-state index is 0.891. The molecule has 0 aromatic carbocycles. The molecule has 0 aromatic heterocycles. The molecule has 0 aromatic rings. The molecule has 0 aliphatic heterocycles.